The minimum atomic E-state index is -0.205. The van der Waals surface area contributed by atoms with Crippen LogP contribution in [0.25, 0.3) is 0 Å². The molecule has 2 atom stereocenters. The van der Waals surface area contributed by atoms with Crippen LogP contribution in [0.3, 0.4) is 0 Å². The van der Waals surface area contributed by atoms with E-state index in [1.165, 1.54) is 5.56 Å². The monoisotopic (exact) mass is 438 g/mol. The van der Waals surface area contributed by atoms with Gasteiger partial charge in [0.1, 0.15) is 17.5 Å². The third-order valence-electron chi connectivity index (χ3n) is 6.26. The second-order valence-corrected chi connectivity index (χ2v) is 8.41. The Kier molecular flexibility index (Phi) is 7.50. The molecule has 7 heteroatoms. The van der Waals surface area contributed by atoms with Crippen LogP contribution in [-0.4, -0.2) is 56.7 Å². The second kappa shape index (κ2) is 10.7. The van der Waals surface area contributed by atoms with Gasteiger partial charge in [-0.05, 0) is 42.7 Å². The molecule has 2 unspecified atom stereocenters. The number of hydrogen-bond acceptors (Lipinski definition) is 6. The maximum Gasteiger partial charge on any atom is 0.241 e. The van der Waals surface area contributed by atoms with Gasteiger partial charge >= 0.3 is 0 Å². The molecular weight excluding hydrogens is 404 g/mol. The fraction of sp³-hybridized carbons (Fsp3) is 0.480. The van der Waals surface area contributed by atoms with Crippen LogP contribution in [0.5, 0.6) is 11.5 Å². The van der Waals surface area contributed by atoms with Crippen LogP contribution in [0.4, 0.5) is 5.69 Å². The van der Waals surface area contributed by atoms with Crippen molar-refractivity contribution in [1.82, 2.24) is 15.8 Å². The molecule has 2 aliphatic rings. The van der Waals surface area contributed by atoms with Gasteiger partial charge < -0.3 is 19.3 Å². The van der Waals surface area contributed by atoms with E-state index in [0.29, 0.717) is 0 Å². The number of rotatable bonds is 8. The summed E-state index contributed by atoms with van der Waals surface area (Å²) in [6.07, 6.45) is 2.93. The van der Waals surface area contributed by atoms with E-state index >= 15 is 0 Å². The maximum absolute atomic E-state index is 13.1. The van der Waals surface area contributed by atoms with Gasteiger partial charge in [0.25, 0.3) is 0 Å². The number of carbonyl (C=O) groups excluding carboxylic acids is 1. The molecule has 0 saturated carbocycles. The highest BCUT2D eigenvalue weighted by Gasteiger charge is 2.34. The summed E-state index contributed by atoms with van der Waals surface area (Å²) in [5.74, 6) is 1.92. The molecule has 0 radical (unpaired) electrons. The second-order valence-electron chi connectivity index (χ2n) is 8.41. The first kappa shape index (κ1) is 22.4. The molecule has 32 heavy (non-hydrogen) atoms. The molecule has 2 N–H and O–H groups in total. The van der Waals surface area contributed by atoms with Crippen molar-refractivity contribution in [3.05, 3.63) is 54.1 Å². The minimum Gasteiger partial charge on any atom is -0.497 e. The van der Waals surface area contributed by atoms with E-state index in [2.05, 4.69) is 40.9 Å². The van der Waals surface area contributed by atoms with Crippen molar-refractivity contribution in [2.45, 2.75) is 38.3 Å². The molecule has 0 aliphatic carbocycles. The standard InChI is InChI=1S/C25H34N4O3/c1-3-4-16-32-21-10-8-19(9-11-21)23-18-24(27-26-23)25(30)29-14-12-28(13-15-29)20-6-5-7-22(17-20)31-2/h5-11,17,23-24,26-27H,3-4,12-16,18H2,1-2H3. The summed E-state index contributed by atoms with van der Waals surface area (Å²) in [5.41, 5.74) is 8.82. The Labute approximate surface area is 190 Å². The van der Waals surface area contributed by atoms with Crippen LogP contribution < -0.4 is 25.2 Å². The smallest absolute Gasteiger partial charge is 0.241 e. The summed E-state index contributed by atoms with van der Waals surface area (Å²) in [7, 11) is 1.68. The quantitative estimate of drug-likeness (QED) is 0.618. The molecule has 172 valence electrons. The summed E-state index contributed by atoms with van der Waals surface area (Å²) in [6, 6.07) is 16.2. The van der Waals surface area contributed by atoms with Crippen molar-refractivity contribution in [3.8, 4) is 11.5 Å². The lowest BCUT2D eigenvalue weighted by atomic mass is 10.0. The van der Waals surface area contributed by atoms with Gasteiger partial charge in [0.15, 0.2) is 0 Å². The summed E-state index contributed by atoms with van der Waals surface area (Å²) < 4.78 is 11.1. The summed E-state index contributed by atoms with van der Waals surface area (Å²) >= 11 is 0. The van der Waals surface area contributed by atoms with Crippen LogP contribution in [0.2, 0.25) is 0 Å². The average Bonchev–Trinajstić information content (AvgIpc) is 3.35. The lowest BCUT2D eigenvalue weighted by Crippen LogP contribution is -2.53. The van der Waals surface area contributed by atoms with E-state index in [9.17, 15) is 4.79 Å². The molecule has 7 nitrogen and oxygen atoms in total. The van der Waals surface area contributed by atoms with E-state index < -0.39 is 0 Å². The van der Waals surface area contributed by atoms with Gasteiger partial charge in [-0.25, -0.2) is 10.9 Å². The third-order valence-corrected chi connectivity index (χ3v) is 6.26. The van der Waals surface area contributed by atoms with Crippen molar-refractivity contribution in [2.75, 3.05) is 44.8 Å². The number of nitrogens with one attached hydrogen (secondary N) is 2. The van der Waals surface area contributed by atoms with Crippen molar-refractivity contribution < 1.29 is 14.3 Å². The molecule has 0 spiro atoms. The first-order chi connectivity index (χ1) is 15.7. The summed E-state index contributed by atoms with van der Waals surface area (Å²) in [6.45, 7) is 6.00. The Hall–Kier alpha value is -2.77. The Bertz CT molecular complexity index is 881. The largest absolute Gasteiger partial charge is 0.497 e. The Morgan fingerprint density at radius 1 is 1.03 bits per heavy atom. The zero-order valence-electron chi connectivity index (χ0n) is 19.0. The fourth-order valence-corrected chi connectivity index (χ4v) is 4.28. The molecular formula is C25H34N4O3. The summed E-state index contributed by atoms with van der Waals surface area (Å²) in [4.78, 5) is 17.4. The topological polar surface area (TPSA) is 66.1 Å². The fourth-order valence-electron chi connectivity index (χ4n) is 4.28. The number of unbranched alkanes of at least 4 members (excludes halogenated alkanes) is 1. The maximum atomic E-state index is 13.1. The number of hydrogen-bond donors (Lipinski definition) is 2. The van der Waals surface area contributed by atoms with Crippen LogP contribution in [-0.2, 0) is 4.79 Å². The van der Waals surface area contributed by atoms with E-state index in [1.54, 1.807) is 7.11 Å². The Morgan fingerprint density at radius 3 is 2.53 bits per heavy atom. The van der Waals surface area contributed by atoms with Crippen molar-refractivity contribution in [2.24, 2.45) is 0 Å². The number of carbonyl (C=O) groups is 1. The number of nitrogens with zero attached hydrogens (tertiary/aromatic N) is 2. The summed E-state index contributed by atoms with van der Waals surface area (Å²) in [5, 5.41) is 0. The lowest BCUT2D eigenvalue weighted by Gasteiger charge is -2.37. The lowest BCUT2D eigenvalue weighted by molar-refractivity contribution is -0.133. The van der Waals surface area contributed by atoms with Crippen molar-refractivity contribution in [1.29, 1.82) is 0 Å². The molecule has 2 aliphatic heterocycles. The van der Waals surface area contributed by atoms with Crippen molar-refractivity contribution >= 4 is 11.6 Å². The predicted octanol–water partition coefficient (Wildman–Crippen LogP) is 3.13. The number of benzene rings is 2. The molecule has 0 bridgehead atoms. The van der Waals surface area contributed by atoms with Gasteiger partial charge in [0, 0.05) is 44.0 Å². The van der Waals surface area contributed by atoms with E-state index in [4.69, 9.17) is 9.47 Å². The number of methoxy groups -OCH3 is 1. The van der Waals surface area contributed by atoms with E-state index in [1.807, 2.05) is 35.2 Å². The first-order valence-electron chi connectivity index (χ1n) is 11.6. The molecule has 2 saturated heterocycles. The Balaban J connectivity index is 1.27. The molecule has 2 aromatic carbocycles. The van der Waals surface area contributed by atoms with Gasteiger partial charge in [-0.15, -0.1) is 0 Å². The SMILES string of the molecule is CCCCOc1ccc(C2CC(C(=O)N3CCN(c4cccc(OC)c4)CC3)NN2)cc1. The number of ether oxygens (including phenoxy) is 2. The highest BCUT2D eigenvalue weighted by atomic mass is 16.5. The highest BCUT2D eigenvalue weighted by molar-refractivity contribution is 5.82. The van der Waals surface area contributed by atoms with Crippen LogP contribution in [0, 0.1) is 0 Å². The molecule has 2 aromatic rings. The highest BCUT2D eigenvalue weighted by Crippen LogP contribution is 2.26. The van der Waals surface area contributed by atoms with Crippen LogP contribution in [0.15, 0.2) is 48.5 Å². The third kappa shape index (κ3) is 5.34. The predicted molar refractivity (Wildman–Crippen MR) is 126 cm³/mol. The van der Waals surface area contributed by atoms with Gasteiger partial charge in [-0.3, -0.25) is 4.79 Å². The van der Waals surface area contributed by atoms with Crippen LogP contribution in [0.1, 0.15) is 37.8 Å². The number of piperazine rings is 1. The minimum absolute atomic E-state index is 0.117. The zero-order valence-corrected chi connectivity index (χ0v) is 19.0. The van der Waals surface area contributed by atoms with Gasteiger partial charge in [0.05, 0.1) is 13.7 Å². The van der Waals surface area contributed by atoms with E-state index in [-0.39, 0.29) is 18.0 Å². The molecule has 1 amide bonds. The number of hydrazine groups is 1. The van der Waals surface area contributed by atoms with Crippen LogP contribution >= 0.6 is 0 Å². The van der Waals surface area contributed by atoms with Crippen molar-refractivity contribution in [3.63, 3.8) is 0 Å². The number of amides is 1. The molecule has 0 aromatic heterocycles. The molecule has 4 rings (SSSR count). The van der Waals surface area contributed by atoms with E-state index in [0.717, 1.165) is 69.2 Å². The first-order valence-corrected chi connectivity index (χ1v) is 11.6. The Morgan fingerprint density at radius 2 is 1.81 bits per heavy atom. The number of anilines is 1. The van der Waals surface area contributed by atoms with Gasteiger partial charge in [-0.2, -0.15) is 0 Å². The van der Waals surface area contributed by atoms with Gasteiger partial charge in [0.2, 0.25) is 5.91 Å². The van der Waals surface area contributed by atoms with Gasteiger partial charge in [-0.1, -0.05) is 31.5 Å². The normalized spacial score (nSPS) is 20.9. The molecule has 2 heterocycles. The average molecular weight is 439 g/mol. The molecule has 2 fully saturated rings. The zero-order chi connectivity index (χ0) is 22.3.